The van der Waals surface area contributed by atoms with Crippen LogP contribution in [0.15, 0.2) is 72.8 Å². The normalized spacial score (nSPS) is 13.5. The van der Waals surface area contributed by atoms with Gasteiger partial charge in [-0.25, -0.2) is 0 Å². The lowest BCUT2D eigenvalue weighted by Crippen LogP contribution is -2.23. The third kappa shape index (κ3) is 4.71. The monoisotopic (exact) mass is 418 g/mol. The topological polar surface area (TPSA) is 49.4 Å². The maximum Gasteiger partial charge on any atom is 0.251 e. The van der Waals surface area contributed by atoms with Gasteiger partial charge in [-0.3, -0.25) is 9.59 Å². The van der Waals surface area contributed by atoms with Crippen LogP contribution in [0.25, 0.3) is 11.1 Å². The summed E-state index contributed by atoms with van der Waals surface area (Å²) in [5.41, 5.74) is 4.86. The first-order valence-corrected chi connectivity index (χ1v) is 10.5. The van der Waals surface area contributed by atoms with Gasteiger partial charge < -0.3 is 10.2 Å². The van der Waals surface area contributed by atoms with Gasteiger partial charge in [0.1, 0.15) is 0 Å². The third-order valence-corrected chi connectivity index (χ3v) is 5.59. The molecule has 30 heavy (non-hydrogen) atoms. The molecule has 4 rings (SSSR count). The Balaban J connectivity index is 1.46. The number of amides is 2. The second kappa shape index (κ2) is 9.14. The lowest BCUT2D eigenvalue weighted by Gasteiger charge is -2.16. The second-order valence-corrected chi connectivity index (χ2v) is 7.90. The van der Waals surface area contributed by atoms with Gasteiger partial charge in [-0.15, -0.1) is 0 Å². The molecule has 0 radical (unpaired) electrons. The quantitative estimate of drug-likeness (QED) is 0.608. The summed E-state index contributed by atoms with van der Waals surface area (Å²) >= 11 is 5.98. The van der Waals surface area contributed by atoms with E-state index in [9.17, 15) is 9.59 Å². The predicted molar refractivity (Wildman–Crippen MR) is 119 cm³/mol. The van der Waals surface area contributed by atoms with Gasteiger partial charge in [0.2, 0.25) is 5.91 Å². The number of hydrogen-bond donors (Lipinski definition) is 1. The molecule has 0 aromatic heterocycles. The largest absolute Gasteiger partial charge is 0.348 e. The van der Waals surface area contributed by atoms with E-state index in [2.05, 4.69) is 35.6 Å². The molecular formula is C25H23ClN2O2. The van der Waals surface area contributed by atoms with Gasteiger partial charge >= 0.3 is 0 Å². The first-order valence-electron chi connectivity index (χ1n) is 10.1. The van der Waals surface area contributed by atoms with Crippen LogP contribution in [0.1, 0.15) is 34.3 Å². The Bertz CT molecular complexity index is 1060. The number of hydrogen-bond acceptors (Lipinski definition) is 2. The maximum absolute atomic E-state index is 12.5. The zero-order valence-corrected chi connectivity index (χ0v) is 17.4. The van der Waals surface area contributed by atoms with Gasteiger partial charge in [-0.2, -0.15) is 0 Å². The van der Waals surface area contributed by atoms with E-state index in [0.717, 1.165) is 35.2 Å². The predicted octanol–water partition coefficient (Wildman–Crippen LogP) is 5.06. The molecule has 0 aliphatic carbocycles. The zero-order valence-electron chi connectivity index (χ0n) is 16.6. The number of nitrogens with zero attached hydrogens (tertiary/aromatic N) is 1. The van der Waals surface area contributed by atoms with Gasteiger partial charge in [-0.05, 0) is 46.9 Å². The summed E-state index contributed by atoms with van der Waals surface area (Å²) in [6, 6.07) is 23.3. The van der Waals surface area contributed by atoms with Crippen molar-refractivity contribution in [3.05, 3.63) is 94.5 Å². The SMILES string of the molecule is O=C(NCc1ccccc1-c1ccc(CN2CCCC2=O)cc1)c1cccc(Cl)c1. The molecule has 1 aliphatic rings. The summed E-state index contributed by atoms with van der Waals surface area (Å²) in [5, 5.41) is 3.52. The number of rotatable bonds is 6. The van der Waals surface area contributed by atoms with Crippen LogP contribution in [0.5, 0.6) is 0 Å². The highest BCUT2D eigenvalue weighted by Crippen LogP contribution is 2.25. The fraction of sp³-hybridized carbons (Fsp3) is 0.200. The average Bonchev–Trinajstić information content (AvgIpc) is 3.17. The zero-order chi connectivity index (χ0) is 20.9. The molecule has 0 saturated carbocycles. The highest BCUT2D eigenvalue weighted by molar-refractivity contribution is 6.30. The van der Waals surface area contributed by atoms with Crippen molar-refractivity contribution >= 4 is 23.4 Å². The molecule has 0 atom stereocenters. The van der Waals surface area contributed by atoms with Crippen molar-refractivity contribution in [2.75, 3.05) is 6.54 Å². The van der Waals surface area contributed by atoms with Crippen LogP contribution in [-0.2, 0) is 17.9 Å². The van der Waals surface area contributed by atoms with Crippen molar-refractivity contribution in [2.45, 2.75) is 25.9 Å². The van der Waals surface area contributed by atoms with E-state index < -0.39 is 0 Å². The fourth-order valence-electron chi connectivity index (χ4n) is 3.74. The Morgan fingerprint density at radius 1 is 1.00 bits per heavy atom. The molecule has 152 valence electrons. The molecule has 3 aromatic rings. The van der Waals surface area contributed by atoms with Gasteiger partial charge in [0.15, 0.2) is 0 Å². The molecule has 1 N–H and O–H groups in total. The van der Waals surface area contributed by atoms with Crippen molar-refractivity contribution in [2.24, 2.45) is 0 Å². The van der Waals surface area contributed by atoms with Crippen LogP contribution < -0.4 is 5.32 Å². The molecule has 0 unspecified atom stereocenters. The minimum Gasteiger partial charge on any atom is -0.348 e. The summed E-state index contributed by atoms with van der Waals surface area (Å²) in [4.78, 5) is 26.2. The minimum atomic E-state index is -0.155. The van der Waals surface area contributed by atoms with E-state index in [0.29, 0.717) is 30.1 Å². The summed E-state index contributed by atoms with van der Waals surface area (Å²) in [7, 11) is 0. The molecule has 5 heteroatoms. The van der Waals surface area contributed by atoms with Crippen LogP contribution in [0.2, 0.25) is 5.02 Å². The molecule has 1 saturated heterocycles. The smallest absolute Gasteiger partial charge is 0.251 e. The third-order valence-electron chi connectivity index (χ3n) is 5.35. The summed E-state index contributed by atoms with van der Waals surface area (Å²) in [6.45, 7) is 1.93. The molecule has 1 fully saturated rings. The van der Waals surface area contributed by atoms with Gasteiger partial charge in [-0.1, -0.05) is 66.2 Å². The number of benzene rings is 3. The number of carbonyl (C=O) groups excluding carboxylic acids is 2. The molecular weight excluding hydrogens is 396 g/mol. The van der Waals surface area contributed by atoms with E-state index in [1.165, 1.54) is 0 Å². The summed E-state index contributed by atoms with van der Waals surface area (Å²) in [6.07, 6.45) is 1.61. The maximum atomic E-state index is 12.5. The Kier molecular flexibility index (Phi) is 6.15. The minimum absolute atomic E-state index is 0.155. The van der Waals surface area contributed by atoms with E-state index in [1.807, 2.05) is 23.1 Å². The summed E-state index contributed by atoms with van der Waals surface area (Å²) in [5.74, 6) is 0.0813. The average molecular weight is 419 g/mol. The van der Waals surface area contributed by atoms with Crippen molar-refractivity contribution in [3.8, 4) is 11.1 Å². The Hall–Kier alpha value is -3.11. The molecule has 1 aliphatic heterocycles. The van der Waals surface area contributed by atoms with E-state index in [-0.39, 0.29) is 11.8 Å². The first-order chi connectivity index (χ1) is 14.6. The first kappa shape index (κ1) is 20.2. The molecule has 0 spiro atoms. The molecule has 4 nitrogen and oxygen atoms in total. The van der Waals surface area contributed by atoms with Gasteiger partial charge in [0, 0.05) is 36.6 Å². The number of nitrogens with one attached hydrogen (secondary N) is 1. The van der Waals surface area contributed by atoms with Crippen molar-refractivity contribution < 1.29 is 9.59 Å². The highest BCUT2D eigenvalue weighted by Gasteiger charge is 2.19. The lowest BCUT2D eigenvalue weighted by atomic mass is 9.98. The van der Waals surface area contributed by atoms with Crippen LogP contribution in [-0.4, -0.2) is 23.3 Å². The van der Waals surface area contributed by atoms with Gasteiger partial charge in [0.25, 0.3) is 5.91 Å². The van der Waals surface area contributed by atoms with Crippen LogP contribution >= 0.6 is 11.6 Å². The molecule has 3 aromatic carbocycles. The van der Waals surface area contributed by atoms with Crippen LogP contribution in [0.4, 0.5) is 0 Å². The number of halogens is 1. The van der Waals surface area contributed by atoms with Crippen molar-refractivity contribution in [3.63, 3.8) is 0 Å². The summed E-state index contributed by atoms with van der Waals surface area (Å²) < 4.78 is 0. The lowest BCUT2D eigenvalue weighted by molar-refractivity contribution is -0.128. The second-order valence-electron chi connectivity index (χ2n) is 7.47. The van der Waals surface area contributed by atoms with Crippen LogP contribution in [0.3, 0.4) is 0 Å². The fourth-order valence-corrected chi connectivity index (χ4v) is 3.93. The molecule has 0 bridgehead atoms. The van der Waals surface area contributed by atoms with Crippen molar-refractivity contribution in [1.82, 2.24) is 10.2 Å². The highest BCUT2D eigenvalue weighted by atomic mass is 35.5. The van der Waals surface area contributed by atoms with E-state index >= 15 is 0 Å². The van der Waals surface area contributed by atoms with Crippen molar-refractivity contribution in [1.29, 1.82) is 0 Å². The van der Waals surface area contributed by atoms with E-state index in [4.69, 9.17) is 11.6 Å². The molecule has 1 heterocycles. The van der Waals surface area contributed by atoms with E-state index in [1.54, 1.807) is 24.3 Å². The number of carbonyl (C=O) groups is 2. The standard InChI is InChI=1S/C25H23ClN2O2/c26-22-7-3-6-20(15-22)25(30)27-16-21-5-1-2-8-23(21)19-12-10-18(11-13-19)17-28-14-4-9-24(28)29/h1-3,5-8,10-13,15H,4,9,14,16-17H2,(H,27,30). The Morgan fingerprint density at radius 3 is 2.53 bits per heavy atom. The molecule has 2 amide bonds. The number of likely N-dealkylation sites (tertiary alicyclic amines) is 1. The Morgan fingerprint density at radius 2 is 1.80 bits per heavy atom. The Labute approximate surface area is 181 Å². The van der Waals surface area contributed by atoms with Gasteiger partial charge in [0.05, 0.1) is 0 Å². The van der Waals surface area contributed by atoms with Crippen LogP contribution in [0, 0.1) is 0 Å².